The molecule has 9 heteroatoms. The number of hydrogen-bond donors (Lipinski definition) is 2. The summed E-state index contributed by atoms with van der Waals surface area (Å²) in [5.41, 5.74) is -1.77. The highest BCUT2D eigenvalue weighted by Crippen LogP contribution is 2.45. The van der Waals surface area contributed by atoms with Crippen LogP contribution in [0.25, 0.3) is 0 Å². The SMILES string of the molecule is CN1C(=O)C2(NC(=O)Nc3c2c(=O)n(C)c(=O)n3C)c2ccccc21. The lowest BCUT2D eigenvalue weighted by molar-refractivity contribution is -0.122. The summed E-state index contributed by atoms with van der Waals surface area (Å²) in [7, 11) is 4.36. The fourth-order valence-electron chi connectivity index (χ4n) is 3.62. The molecule has 0 saturated heterocycles. The molecule has 3 amide bonds. The molecule has 0 aliphatic carbocycles. The summed E-state index contributed by atoms with van der Waals surface area (Å²) in [4.78, 5) is 52.0. The van der Waals surface area contributed by atoms with E-state index in [1.807, 2.05) is 0 Å². The quantitative estimate of drug-likeness (QED) is 0.670. The maximum atomic E-state index is 13.2. The number of nitrogens with one attached hydrogen (secondary N) is 2. The van der Waals surface area contributed by atoms with E-state index in [-0.39, 0.29) is 11.4 Å². The van der Waals surface area contributed by atoms with E-state index in [1.165, 1.54) is 19.0 Å². The summed E-state index contributed by atoms with van der Waals surface area (Å²) in [6, 6.07) is 6.27. The number of fused-ring (bicyclic) bond motifs is 4. The van der Waals surface area contributed by atoms with Crippen LogP contribution in [0.4, 0.5) is 16.3 Å². The lowest BCUT2D eigenvalue weighted by Crippen LogP contribution is -2.62. The first-order valence-corrected chi connectivity index (χ1v) is 7.58. The second-order valence-corrected chi connectivity index (χ2v) is 6.14. The van der Waals surface area contributed by atoms with Crippen molar-refractivity contribution in [2.75, 3.05) is 17.3 Å². The molecule has 4 rings (SSSR count). The number of para-hydroxylation sites is 1. The number of urea groups is 1. The van der Waals surface area contributed by atoms with Gasteiger partial charge in [-0.25, -0.2) is 9.59 Å². The van der Waals surface area contributed by atoms with Crippen LogP contribution in [0.2, 0.25) is 0 Å². The molecule has 2 N–H and O–H groups in total. The van der Waals surface area contributed by atoms with Crippen molar-refractivity contribution in [3.05, 3.63) is 56.2 Å². The van der Waals surface area contributed by atoms with E-state index in [1.54, 1.807) is 31.3 Å². The summed E-state index contributed by atoms with van der Waals surface area (Å²) in [5, 5.41) is 5.11. The summed E-state index contributed by atoms with van der Waals surface area (Å²) in [5.74, 6) is -0.434. The van der Waals surface area contributed by atoms with Gasteiger partial charge in [0, 0.05) is 32.4 Å². The van der Waals surface area contributed by atoms with Gasteiger partial charge in [0.2, 0.25) is 0 Å². The number of amides is 3. The van der Waals surface area contributed by atoms with Gasteiger partial charge in [-0.1, -0.05) is 18.2 Å². The van der Waals surface area contributed by atoms with Gasteiger partial charge < -0.3 is 10.2 Å². The molecular weight excluding hydrogens is 326 g/mol. The molecule has 1 atom stereocenters. The minimum absolute atomic E-state index is 0.0234. The van der Waals surface area contributed by atoms with E-state index >= 15 is 0 Å². The van der Waals surface area contributed by atoms with Crippen LogP contribution in [0.3, 0.4) is 0 Å². The molecule has 25 heavy (non-hydrogen) atoms. The predicted octanol–water partition coefficient (Wildman–Crippen LogP) is -0.561. The van der Waals surface area contributed by atoms with E-state index in [0.29, 0.717) is 11.3 Å². The van der Waals surface area contributed by atoms with Crippen molar-refractivity contribution >= 4 is 23.4 Å². The molecule has 0 radical (unpaired) electrons. The summed E-state index contributed by atoms with van der Waals surface area (Å²) in [6.45, 7) is 0. The molecule has 0 saturated carbocycles. The normalized spacial score (nSPS) is 21.0. The van der Waals surface area contributed by atoms with Crippen molar-refractivity contribution < 1.29 is 9.59 Å². The number of nitrogens with zero attached hydrogens (tertiary/aromatic N) is 3. The largest absolute Gasteiger partial charge is 0.332 e. The average Bonchev–Trinajstić information content (AvgIpc) is 2.81. The second kappa shape index (κ2) is 4.59. The van der Waals surface area contributed by atoms with Gasteiger partial charge in [0.05, 0.1) is 5.56 Å². The Morgan fingerprint density at radius 2 is 1.64 bits per heavy atom. The van der Waals surface area contributed by atoms with Crippen LogP contribution in [0.15, 0.2) is 33.9 Å². The summed E-state index contributed by atoms with van der Waals surface area (Å²) >= 11 is 0. The molecule has 2 aliphatic heterocycles. The molecule has 3 heterocycles. The fraction of sp³-hybridized carbons (Fsp3) is 0.250. The van der Waals surface area contributed by atoms with Gasteiger partial charge >= 0.3 is 11.7 Å². The molecule has 1 unspecified atom stereocenters. The Bertz CT molecular complexity index is 1080. The zero-order valence-corrected chi connectivity index (χ0v) is 13.8. The monoisotopic (exact) mass is 341 g/mol. The average molecular weight is 341 g/mol. The van der Waals surface area contributed by atoms with Gasteiger partial charge in [-0.15, -0.1) is 0 Å². The molecule has 1 aromatic carbocycles. The van der Waals surface area contributed by atoms with E-state index in [9.17, 15) is 19.2 Å². The summed E-state index contributed by atoms with van der Waals surface area (Å²) in [6.07, 6.45) is 0. The Kier molecular flexibility index (Phi) is 2.79. The minimum Gasteiger partial charge on any atom is -0.315 e. The number of carbonyl (C=O) groups is 2. The zero-order valence-electron chi connectivity index (χ0n) is 13.8. The van der Waals surface area contributed by atoms with Crippen molar-refractivity contribution in [3.8, 4) is 0 Å². The Balaban J connectivity index is 2.21. The van der Waals surface area contributed by atoms with Gasteiger partial charge in [-0.2, -0.15) is 0 Å². The lowest BCUT2D eigenvalue weighted by atomic mass is 9.83. The van der Waals surface area contributed by atoms with Crippen molar-refractivity contribution in [3.63, 3.8) is 0 Å². The van der Waals surface area contributed by atoms with Crippen LogP contribution in [0, 0.1) is 0 Å². The first-order chi connectivity index (χ1) is 11.8. The number of aromatic nitrogens is 2. The summed E-state index contributed by atoms with van der Waals surface area (Å²) < 4.78 is 2.08. The van der Waals surface area contributed by atoms with Gasteiger partial charge in [-0.3, -0.25) is 24.0 Å². The number of rotatable bonds is 0. The van der Waals surface area contributed by atoms with Crippen LogP contribution in [0.1, 0.15) is 11.1 Å². The van der Waals surface area contributed by atoms with Gasteiger partial charge in [0.1, 0.15) is 5.82 Å². The predicted molar refractivity (Wildman–Crippen MR) is 89.7 cm³/mol. The molecule has 1 aromatic heterocycles. The number of benzene rings is 1. The zero-order chi connectivity index (χ0) is 18.1. The number of carbonyl (C=O) groups excluding carboxylic acids is 2. The Morgan fingerprint density at radius 3 is 2.36 bits per heavy atom. The highest BCUT2D eigenvalue weighted by Gasteiger charge is 2.57. The third kappa shape index (κ3) is 1.61. The van der Waals surface area contributed by atoms with Gasteiger partial charge in [0.15, 0.2) is 5.54 Å². The van der Waals surface area contributed by atoms with Crippen molar-refractivity contribution in [2.24, 2.45) is 14.1 Å². The topological polar surface area (TPSA) is 105 Å². The van der Waals surface area contributed by atoms with Crippen molar-refractivity contribution in [2.45, 2.75) is 5.54 Å². The first kappa shape index (κ1) is 15.2. The smallest absolute Gasteiger partial charge is 0.315 e. The molecule has 0 bridgehead atoms. The molecule has 1 spiro atoms. The van der Waals surface area contributed by atoms with Gasteiger partial charge in [-0.05, 0) is 6.07 Å². The highest BCUT2D eigenvalue weighted by atomic mass is 16.2. The Morgan fingerprint density at radius 1 is 0.960 bits per heavy atom. The second-order valence-electron chi connectivity index (χ2n) is 6.14. The minimum atomic E-state index is -1.66. The maximum absolute atomic E-state index is 13.2. The Hall–Kier alpha value is -3.36. The molecular formula is C16H15N5O4. The van der Waals surface area contributed by atoms with E-state index in [2.05, 4.69) is 10.6 Å². The Labute approximate surface area is 141 Å². The van der Waals surface area contributed by atoms with Crippen LogP contribution >= 0.6 is 0 Å². The molecule has 0 fully saturated rings. The lowest BCUT2D eigenvalue weighted by Gasteiger charge is -2.35. The van der Waals surface area contributed by atoms with Crippen LogP contribution < -0.4 is 26.8 Å². The van der Waals surface area contributed by atoms with Crippen LogP contribution in [-0.4, -0.2) is 28.1 Å². The number of likely N-dealkylation sites (N-methyl/N-ethyl adjacent to an activating group) is 1. The van der Waals surface area contributed by atoms with E-state index < -0.39 is 28.7 Å². The number of hydrogen-bond acceptors (Lipinski definition) is 4. The first-order valence-electron chi connectivity index (χ1n) is 7.58. The molecule has 2 aromatic rings. The van der Waals surface area contributed by atoms with Crippen molar-refractivity contribution in [1.82, 2.24) is 14.5 Å². The molecule has 2 aliphatic rings. The van der Waals surface area contributed by atoms with Gasteiger partial charge in [0.25, 0.3) is 11.5 Å². The fourth-order valence-corrected chi connectivity index (χ4v) is 3.62. The molecule has 9 nitrogen and oxygen atoms in total. The number of anilines is 2. The third-order valence-corrected chi connectivity index (χ3v) is 4.87. The third-order valence-electron chi connectivity index (χ3n) is 4.87. The highest BCUT2D eigenvalue weighted by molar-refractivity contribution is 6.14. The van der Waals surface area contributed by atoms with Crippen molar-refractivity contribution in [1.29, 1.82) is 0 Å². The van der Waals surface area contributed by atoms with E-state index in [0.717, 1.165) is 9.13 Å². The van der Waals surface area contributed by atoms with Crippen LogP contribution in [-0.2, 0) is 24.4 Å². The maximum Gasteiger partial charge on any atom is 0.332 e. The van der Waals surface area contributed by atoms with E-state index in [4.69, 9.17) is 0 Å². The van der Waals surface area contributed by atoms with Crippen LogP contribution in [0.5, 0.6) is 0 Å². The standard InChI is InChI=1S/C16H15N5O4/c1-19-9-7-5-4-6-8(9)16(13(19)23)10-11(17-14(24)18-16)20(2)15(25)21(3)12(10)22/h4-7H,1-3H3,(H2,17,18,24). The molecule has 128 valence electrons.